The summed E-state index contributed by atoms with van der Waals surface area (Å²) in [5.74, 6) is 1.01. The van der Waals surface area contributed by atoms with Gasteiger partial charge < -0.3 is 14.6 Å². The molecule has 0 amide bonds. The van der Waals surface area contributed by atoms with Crippen molar-refractivity contribution in [1.29, 1.82) is 0 Å². The molecule has 1 atom stereocenters. The molecular weight excluding hydrogens is 324 g/mol. The number of fused-ring (bicyclic) bond motifs is 1. The first kappa shape index (κ1) is 17.1. The van der Waals surface area contributed by atoms with E-state index in [9.17, 15) is 0 Å². The van der Waals surface area contributed by atoms with E-state index in [1.807, 2.05) is 12.1 Å². The Morgan fingerprint density at radius 3 is 2.92 bits per heavy atom. The van der Waals surface area contributed by atoms with Crippen molar-refractivity contribution in [2.45, 2.75) is 32.9 Å². The van der Waals surface area contributed by atoms with Crippen LogP contribution in [-0.2, 0) is 6.54 Å². The maximum absolute atomic E-state index is 4.87. The Bertz CT molecular complexity index is 813. The Hall–Kier alpha value is -2.34. The molecule has 6 heteroatoms. The molecule has 1 unspecified atom stereocenters. The highest BCUT2D eigenvalue weighted by Crippen LogP contribution is 2.18. The van der Waals surface area contributed by atoms with E-state index < -0.39 is 0 Å². The molecule has 2 aliphatic rings. The summed E-state index contributed by atoms with van der Waals surface area (Å²) in [4.78, 5) is 14.5. The highest BCUT2D eigenvalue weighted by Gasteiger charge is 2.29. The Labute approximate surface area is 155 Å². The number of nitrogens with zero attached hydrogens (tertiary/aromatic N) is 5. The number of aryl methyl sites for hydroxylation is 1. The first-order valence-corrected chi connectivity index (χ1v) is 9.60. The van der Waals surface area contributed by atoms with Gasteiger partial charge in [-0.15, -0.1) is 0 Å². The summed E-state index contributed by atoms with van der Waals surface area (Å²) >= 11 is 0. The van der Waals surface area contributed by atoms with E-state index in [0.29, 0.717) is 12.6 Å². The Balaban J connectivity index is 1.46. The molecule has 0 aromatic carbocycles. The van der Waals surface area contributed by atoms with Gasteiger partial charge in [-0.25, -0.2) is 9.98 Å². The fraction of sp³-hybridized carbons (Fsp3) is 0.500. The minimum absolute atomic E-state index is 0.607. The third-order valence-corrected chi connectivity index (χ3v) is 5.30. The van der Waals surface area contributed by atoms with Crippen LogP contribution >= 0.6 is 0 Å². The lowest BCUT2D eigenvalue weighted by Gasteiger charge is -2.25. The van der Waals surface area contributed by atoms with Crippen molar-refractivity contribution in [1.82, 2.24) is 24.5 Å². The summed E-state index contributed by atoms with van der Waals surface area (Å²) in [6.07, 6.45) is 7.85. The second-order valence-electron chi connectivity index (χ2n) is 7.11. The number of aliphatic imine (C=N–C) groups is 1. The summed E-state index contributed by atoms with van der Waals surface area (Å²) in [6.45, 7) is 10.0. The quantitative estimate of drug-likeness (QED) is 0.520. The van der Waals surface area contributed by atoms with E-state index in [0.717, 1.165) is 50.0 Å². The summed E-state index contributed by atoms with van der Waals surface area (Å²) in [7, 11) is 0. The van der Waals surface area contributed by atoms with Gasteiger partial charge in [0.1, 0.15) is 5.65 Å². The standard InChI is InChI=1S/C20H28N6/c1-3-21-20(25-12-9-18(15-25)24-10-4-5-11-24)22-13-17-14-26-16(2)7-6-8-19(26)23-17/h4-8,14,18H,3,9-13,15H2,1-2H3,(H,21,22). The van der Waals surface area contributed by atoms with E-state index in [1.165, 1.54) is 12.1 Å². The highest BCUT2D eigenvalue weighted by atomic mass is 15.3. The molecule has 0 bridgehead atoms. The van der Waals surface area contributed by atoms with Gasteiger partial charge in [-0.05, 0) is 32.4 Å². The van der Waals surface area contributed by atoms with Gasteiger partial charge in [0.25, 0.3) is 0 Å². The number of likely N-dealkylation sites (tertiary alicyclic amines) is 1. The average Bonchev–Trinajstić information content (AvgIpc) is 3.38. The van der Waals surface area contributed by atoms with Crippen molar-refractivity contribution < 1.29 is 0 Å². The van der Waals surface area contributed by atoms with Crippen LogP contribution in [0.4, 0.5) is 0 Å². The third-order valence-electron chi connectivity index (χ3n) is 5.30. The van der Waals surface area contributed by atoms with E-state index in [1.54, 1.807) is 0 Å². The zero-order chi connectivity index (χ0) is 17.9. The fourth-order valence-electron chi connectivity index (χ4n) is 3.88. The molecule has 2 aromatic heterocycles. The second kappa shape index (κ2) is 7.50. The second-order valence-corrected chi connectivity index (χ2v) is 7.11. The predicted molar refractivity (Wildman–Crippen MR) is 105 cm³/mol. The van der Waals surface area contributed by atoms with Gasteiger partial charge >= 0.3 is 0 Å². The van der Waals surface area contributed by atoms with Crippen LogP contribution in [0, 0.1) is 6.92 Å². The van der Waals surface area contributed by atoms with Crippen molar-refractivity contribution in [2.75, 3.05) is 32.7 Å². The van der Waals surface area contributed by atoms with Crippen LogP contribution in [0.15, 0.2) is 41.5 Å². The van der Waals surface area contributed by atoms with Crippen molar-refractivity contribution in [2.24, 2.45) is 4.99 Å². The SMILES string of the molecule is CCNC(=NCc1cn2c(C)cccc2n1)N1CCC(N2CC=CC2)C1. The van der Waals surface area contributed by atoms with Crippen molar-refractivity contribution >= 4 is 11.6 Å². The van der Waals surface area contributed by atoms with E-state index in [4.69, 9.17) is 9.98 Å². The minimum atomic E-state index is 0.607. The highest BCUT2D eigenvalue weighted by molar-refractivity contribution is 5.80. The maximum atomic E-state index is 4.87. The molecule has 0 aliphatic carbocycles. The molecule has 4 heterocycles. The van der Waals surface area contributed by atoms with Gasteiger partial charge in [0.15, 0.2) is 5.96 Å². The molecular formula is C20H28N6. The summed E-state index contributed by atoms with van der Waals surface area (Å²) in [5.41, 5.74) is 3.19. The number of imidazole rings is 1. The molecule has 26 heavy (non-hydrogen) atoms. The van der Waals surface area contributed by atoms with Gasteiger partial charge in [0.05, 0.1) is 12.2 Å². The van der Waals surface area contributed by atoms with Crippen LogP contribution in [0.2, 0.25) is 0 Å². The first-order chi connectivity index (χ1) is 12.7. The monoisotopic (exact) mass is 352 g/mol. The topological polar surface area (TPSA) is 48.2 Å². The summed E-state index contributed by atoms with van der Waals surface area (Å²) in [6, 6.07) is 6.82. The van der Waals surface area contributed by atoms with Gasteiger partial charge in [0.2, 0.25) is 0 Å². The number of hydrogen-bond donors (Lipinski definition) is 1. The Morgan fingerprint density at radius 1 is 1.31 bits per heavy atom. The van der Waals surface area contributed by atoms with Crippen LogP contribution in [-0.4, -0.2) is 63.9 Å². The lowest BCUT2D eigenvalue weighted by molar-refractivity contribution is 0.259. The molecule has 1 fully saturated rings. The number of aromatic nitrogens is 2. The molecule has 2 aliphatic heterocycles. The molecule has 4 rings (SSSR count). The van der Waals surface area contributed by atoms with Crippen molar-refractivity contribution in [3.05, 3.63) is 47.9 Å². The average molecular weight is 352 g/mol. The van der Waals surface area contributed by atoms with Crippen LogP contribution in [0.25, 0.3) is 5.65 Å². The third kappa shape index (κ3) is 3.46. The summed E-state index contributed by atoms with van der Waals surface area (Å²) < 4.78 is 2.13. The zero-order valence-corrected chi connectivity index (χ0v) is 15.7. The Morgan fingerprint density at radius 2 is 2.15 bits per heavy atom. The molecule has 1 N–H and O–H groups in total. The van der Waals surface area contributed by atoms with Gasteiger partial charge in [-0.3, -0.25) is 4.90 Å². The normalized spacial score (nSPS) is 21.2. The minimum Gasteiger partial charge on any atom is -0.357 e. The van der Waals surface area contributed by atoms with E-state index >= 15 is 0 Å². The molecule has 0 spiro atoms. The lowest BCUT2D eigenvalue weighted by Crippen LogP contribution is -2.42. The van der Waals surface area contributed by atoms with E-state index in [2.05, 4.69) is 57.8 Å². The Kier molecular flexibility index (Phi) is 4.93. The molecule has 138 valence electrons. The number of pyridine rings is 1. The molecule has 0 radical (unpaired) electrons. The fourth-order valence-corrected chi connectivity index (χ4v) is 3.88. The van der Waals surface area contributed by atoms with Gasteiger partial charge in [0, 0.05) is 50.7 Å². The number of hydrogen-bond acceptors (Lipinski definition) is 3. The van der Waals surface area contributed by atoms with Crippen molar-refractivity contribution in [3.8, 4) is 0 Å². The largest absolute Gasteiger partial charge is 0.357 e. The van der Waals surface area contributed by atoms with Crippen molar-refractivity contribution in [3.63, 3.8) is 0 Å². The number of nitrogens with one attached hydrogen (secondary N) is 1. The molecule has 6 nitrogen and oxygen atoms in total. The maximum Gasteiger partial charge on any atom is 0.194 e. The van der Waals surface area contributed by atoms with Crippen LogP contribution in [0.5, 0.6) is 0 Å². The van der Waals surface area contributed by atoms with E-state index in [-0.39, 0.29) is 0 Å². The zero-order valence-electron chi connectivity index (χ0n) is 15.7. The van der Waals surface area contributed by atoms with Gasteiger partial charge in [-0.2, -0.15) is 0 Å². The van der Waals surface area contributed by atoms with Crippen LogP contribution in [0.3, 0.4) is 0 Å². The van der Waals surface area contributed by atoms with Crippen LogP contribution in [0.1, 0.15) is 24.7 Å². The number of rotatable bonds is 4. The van der Waals surface area contributed by atoms with Crippen LogP contribution < -0.4 is 5.32 Å². The smallest absolute Gasteiger partial charge is 0.194 e. The molecule has 1 saturated heterocycles. The molecule has 0 saturated carbocycles. The molecule has 2 aromatic rings. The number of guanidine groups is 1. The van der Waals surface area contributed by atoms with Gasteiger partial charge in [-0.1, -0.05) is 18.2 Å². The lowest BCUT2D eigenvalue weighted by atomic mass is 10.2. The first-order valence-electron chi connectivity index (χ1n) is 9.60. The predicted octanol–water partition coefficient (Wildman–Crippen LogP) is 2.05. The summed E-state index contributed by atoms with van der Waals surface area (Å²) in [5, 5.41) is 3.46.